The molecule has 1 fully saturated rings. The molecule has 0 bridgehead atoms. The summed E-state index contributed by atoms with van der Waals surface area (Å²) in [4.78, 5) is 8.60. The number of pyridine rings is 1. The summed E-state index contributed by atoms with van der Waals surface area (Å²) in [6.45, 7) is 0. The van der Waals surface area contributed by atoms with Crippen LogP contribution in [-0.2, 0) is 0 Å². The van der Waals surface area contributed by atoms with Gasteiger partial charge in [-0.15, -0.1) is 0 Å². The van der Waals surface area contributed by atoms with Crippen molar-refractivity contribution in [2.24, 2.45) is 0 Å². The Morgan fingerprint density at radius 3 is 2.90 bits per heavy atom. The Labute approximate surface area is 120 Å². The summed E-state index contributed by atoms with van der Waals surface area (Å²) in [7, 11) is 1.58. The van der Waals surface area contributed by atoms with Gasteiger partial charge in [0, 0.05) is 29.7 Å². The molecule has 6 heteroatoms. The number of ether oxygens (including phenoxy) is 1. The largest absolute Gasteiger partial charge is 0.481 e. The zero-order valence-corrected chi connectivity index (χ0v) is 11.4. The fourth-order valence-corrected chi connectivity index (χ4v) is 2.42. The van der Waals surface area contributed by atoms with Gasteiger partial charge in [-0.25, -0.2) is 4.98 Å². The molecule has 3 aromatic rings. The van der Waals surface area contributed by atoms with Gasteiger partial charge in [0.25, 0.3) is 0 Å². The van der Waals surface area contributed by atoms with Crippen molar-refractivity contribution < 1.29 is 13.7 Å². The maximum atomic E-state index is 5.41. The average molecular weight is 283 g/mol. The molecule has 1 saturated carbocycles. The molecule has 1 aliphatic carbocycles. The molecule has 0 saturated heterocycles. The van der Waals surface area contributed by atoms with Crippen LogP contribution < -0.4 is 4.74 Å². The first-order valence-electron chi connectivity index (χ1n) is 6.72. The van der Waals surface area contributed by atoms with Gasteiger partial charge < -0.3 is 13.7 Å². The third-order valence-electron chi connectivity index (χ3n) is 3.66. The Morgan fingerprint density at radius 1 is 1.24 bits per heavy atom. The van der Waals surface area contributed by atoms with Crippen molar-refractivity contribution in [3.8, 4) is 17.3 Å². The summed E-state index contributed by atoms with van der Waals surface area (Å²) < 4.78 is 15.8. The van der Waals surface area contributed by atoms with Crippen molar-refractivity contribution in [2.75, 3.05) is 7.11 Å². The van der Waals surface area contributed by atoms with Crippen LogP contribution in [0.2, 0.25) is 0 Å². The molecule has 3 heterocycles. The SMILES string of the molecule is COc1ccc(-c2noc([C@@H]3C[C@H]3c3ccco3)n2)cn1. The zero-order valence-electron chi connectivity index (χ0n) is 11.4. The number of methoxy groups -OCH3 is 1. The van der Waals surface area contributed by atoms with Gasteiger partial charge in [0.1, 0.15) is 5.76 Å². The van der Waals surface area contributed by atoms with E-state index >= 15 is 0 Å². The van der Waals surface area contributed by atoms with Gasteiger partial charge in [0.15, 0.2) is 0 Å². The first-order valence-corrected chi connectivity index (χ1v) is 6.72. The van der Waals surface area contributed by atoms with Gasteiger partial charge in [-0.3, -0.25) is 0 Å². The number of rotatable bonds is 4. The number of furan rings is 1. The van der Waals surface area contributed by atoms with E-state index in [0.717, 1.165) is 17.7 Å². The Bertz CT molecular complexity index is 734. The summed E-state index contributed by atoms with van der Waals surface area (Å²) in [5, 5.41) is 4.02. The predicted molar refractivity (Wildman–Crippen MR) is 72.9 cm³/mol. The molecule has 0 aliphatic heterocycles. The minimum atomic E-state index is 0.253. The fraction of sp³-hybridized carbons (Fsp3) is 0.267. The van der Waals surface area contributed by atoms with Crippen LogP contribution in [0.25, 0.3) is 11.4 Å². The smallest absolute Gasteiger partial charge is 0.230 e. The van der Waals surface area contributed by atoms with E-state index in [4.69, 9.17) is 13.7 Å². The number of hydrogen-bond acceptors (Lipinski definition) is 6. The predicted octanol–water partition coefficient (Wildman–Crippen LogP) is 3.00. The van der Waals surface area contributed by atoms with Gasteiger partial charge in [-0.05, 0) is 24.6 Å². The Hall–Kier alpha value is -2.63. The maximum absolute atomic E-state index is 5.41. The molecule has 2 atom stereocenters. The van der Waals surface area contributed by atoms with Crippen LogP contribution in [0.4, 0.5) is 0 Å². The Balaban J connectivity index is 1.53. The van der Waals surface area contributed by atoms with Crippen molar-refractivity contribution in [1.82, 2.24) is 15.1 Å². The van der Waals surface area contributed by atoms with Gasteiger partial charge in [0.05, 0.1) is 13.4 Å². The minimum absolute atomic E-state index is 0.253. The first-order chi connectivity index (χ1) is 10.3. The second-order valence-corrected chi connectivity index (χ2v) is 5.01. The lowest BCUT2D eigenvalue weighted by molar-refractivity contribution is 0.376. The highest BCUT2D eigenvalue weighted by Crippen LogP contribution is 2.54. The van der Waals surface area contributed by atoms with Crippen LogP contribution in [0.15, 0.2) is 45.7 Å². The van der Waals surface area contributed by atoms with E-state index in [2.05, 4.69) is 15.1 Å². The molecule has 0 radical (unpaired) electrons. The second kappa shape index (κ2) is 4.73. The summed E-state index contributed by atoms with van der Waals surface area (Å²) in [6.07, 6.45) is 4.34. The van der Waals surface area contributed by atoms with E-state index in [1.165, 1.54) is 0 Å². The molecular formula is C15H13N3O3. The monoisotopic (exact) mass is 283 g/mol. The van der Waals surface area contributed by atoms with E-state index in [9.17, 15) is 0 Å². The van der Waals surface area contributed by atoms with Crippen molar-refractivity contribution in [3.63, 3.8) is 0 Å². The van der Waals surface area contributed by atoms with E-state index in [-0.39, 0.29) is 5.92 Å². The molecule has 4 rings (SSSR count). The molecule has 0 spiro atoms. The highest BCUT2D eigenvalue weighted by atomic mass is 16.5. The van der Waals surface area contributed by atoms with Crippen molar-refractivity contribution in [2.45, 2.75) is 18.3 Å². The molecular weight excluding hydrogens is 270 g/mol. The quantitative estimate of drug-likeness (QED) is 0.732. The third-order valence-corrected chi connectivity index (χ3v) is 3.66. The Kier molecular flexibility index (Phi) is 2.73. The van der Waals surface area contributed by atoms with Gasteiger partial charge in [-0.2, -0.15) is 4.98 Å². The van der Waals surface area contributed by atoms with Crippen molar-refractivity contribution in [3.05, 3.63) is 48.4 Å². The second-order valence-electron chi connectivity index (χ2n) is 5.01. The maximum Gasteiger partial charge on any atom is 0.230 e. The van der Waals surface area contributed by atoms with Crippen molar-refractivity contribution in [1.29, 1.82) is 0 Å². The van der Waals surface area contributed by atoms with Crippen LogP contribution in [0.1, 0.15) is 29.9 Å². The lowest BCUT2D eigenvalue weighted by Crippen LogP contribution is -1.88. The van der Waals surface area contributed by atoms with Gasteiger partial charge in [-0.1, -0.05) is 5.16 Å². The van der Waals surface area contributed by atoms with E-state index in [1.807, 2.05) is 18.2 Å². The topological polar surface area (TPSA) is 74.2 Å². The molecule has 0 amide bonds. The van der Waals surface area contributed by atoms with Crippen LogP contribution >= 0.6 is 0 Å². The summed E-state index contributed by atoms with van der Waals surface area (Å²) in [5.41, 5.74) is 0.806. The van der Waals surface area contributed by atoms with Crippen molar-refractivity contribution >= 4 is 0 Å². The molecule has 3 aromatic heterocycles. The average Bonchev–Trinajstić information content (AvgIpc) is 2.97. The molecule has 6 nitrogen and oxygen atoms in total. The fourth-order valence-electron chi connectivity index (χ4n) is 2.42. The lowest BCUT2D eigenvalue weighted by Gasteiger charge is -1.97. The lowest BCUT2D eigenvalue weighted by atomic mass is 10.2. The zero-order chi connectivity index (χ0) is 14.2. The minimum Gasteiger partial charge on any atom is -0.481 e. The number of hydrogen-bond donors (Lipinski definition) is 0. The van der Waals surface area contributed by atoms with E-state index in [1.54, 1.807) is 25.6 Å². The standard InChI is InChI=1S/C15H13N3O3/c1-19-13-5-4-9(8-16-13)14-17-15(21-18-14)11-7-10(11)12-3-2-6-20-12/h2-6,8,10-11H,7H2,1H3/t10-,11-/m1/s1. The third kappa shape index (κ3) is 2.18. The highest BCUT2D eigenvalue weighted by Gasteiger charge is 2.45. The molecule has 0 N–H and O–H groups in total. The number of nitrogens with zero attached hydrogens (tertiary/aromatic N) is 3. The summed E-state index contributed by atoms with van der Waals surface area (Å²) in [5.74, 6) is 3.34. The van der Waals surface area contributed by atoms with Crippen LogP contribution in [0.5, 0.6) is 5.88 Å². The highest BCUT2D eigenvalue weighted by molar-refractivity contribution is 5.53. The molecule has 106 valence electrons. The normalized spacial score (nSPS) is 20.4. The van der Waals surface area contributed by atoms with Crippen LogP contribution in [0, 0.1) is 0 Å². The molecule has 0 unspecified atom stereocenters. The van der Waals surface area contributed by atoms with E-state index in [0.29, 0.717) is 23.5 Å². The van der Waals surface area contributed by atoms with Gasteiger partial charge in [0.2, 0.25) is 17.6 Å². The summed E-state index contributed by atoms with van der Waals surface area (Å²) in [6, 6.07) is 7.51. The van der Waals surface area contributed by atoms with Crippen LogP contribution in [-0.4, -0.2) is 22.2 Å². The molecule has 1 aliphatic rings. The van der Waals surface area contributed by atoms with Gasteiger partial charge >= 0.3 is 0 Å². The van der Waals surface area contributed by atoms with Crippen LogP contribution in [0.3, 0.4) is 0 Å². The molecule has 0 aromatic carbocycles. The first kappa shape index (κ1) is 12.1. The number of aromatic nitrogens is 3. The summed E-state index contributed by atoms with van der Waals surface area (Å²) >= 11 is 0. The van der Waals surface area contributed by atoms with E-state index < -0.39 is 0 Å². The Morgan fingerprint density at radius 2 is 2.19 bits per heavy atom. The molecule has 21 heavy (non-hydrogen) atoms.